The molecule has 1 saturated heterocycles. The summed E-state index contributed by atoms with van der Waals surface area (Å²) in [4.78, 5) is 28.1. The normalized spacial score (nSPS) is 21.0. The number of urea groups is 1. The van der Waals surface area contributed by atoms with E-state index in [4.69, 9.17) is 9.47 Å². The molecule has 0 radical (unpaired) electrons. The first kappa shape index (κ1) is 18.8. The summed E-state index contributed by atoms with van der Waals surface area (Å²) in [5.41, 5.74) is 0.0799. The number of benzene rings is 1. The molecule has 2 aromatic rings. The van der Waals surface area contributed by atoms with E-state index in [9.17, 15) is 9.59 Å². The smallest absolute Gasteiger partial charge is 0.325 e. The van der Waals surface area contributed by atoms with Crippen molar-refractivity contribution in [2.45, 2.75) is 38.1 Å². The minimum Gasteiger partial charge on any atom is -0.494 e. The number of thiophene rings is 1. The summed E-state index contributed by atoms with van der Waals surface area (Å²) in [7, 11) is 0. The number of carbonyl (C=O) groups excluding carboxylic acids is 2. The second-order valence-electron chi connectivity index (χ2n) is 7.07. The zero-order valence-electron chi connectivity index (χ0n) is 15.9. The molecule has 1 N–H and O–H groups in total. The van der Waals surface area contributed by atoms with Gasteiger partial charge in [0.25, 0.3) is 5.91 Å². The highest BCUT2D eigenvalue weighted by molar-refractivity contribution is 7.10. The number of carbonyl (C=O) groups is 2. The molecule has 4 rings (SSSR count). The van der Waals surface area contributed by atoms with Crippen molar-refractivity contribution in [3.05, 3.63) is 46.2 Å². The molecule has 1 aliphatic heterocycles. The van der Waals surface area contributed by atoms with Crippen LogP contribution in [0.4, 0.5) is 4.79 Å². The first-order chi connectivity index (χ1) is 13.6. The van der Waals surface area contributed by atoms with Gasteiger partial charge in [0.15, 0.2) is 0 Å². The van der Waals surface area contributed by atoms with Crippen LogP contribution >= 0.6 is 11.3 Å². The van der Waals surface area contributed by atoms with E-state index in [1.165, 1.54) is 9.78 Å². The van der Waals surface area contributed by atoms with Crippen molar-refractivity contribution in [2.75, 3.05) is 19.8 Å². The molecule has 2 aliphatic rings. The maximum atomic E-state index is 13.1. The lowest BCUT2D eigenvalue weighted by Crippen LogP contribution is -2.46. The van der Waals surface area contributed by atoms with Gasteiger partial charge < -0.3 is 14.8 Å². The van der Waals surface area contributed by atoms with Gasteiger partial charge in [-0.25, -0.2) is 4.79 Å². The summed E-state index contributed by atoms with van der Waals surface area (Å²) >= 11 is 1.65. The van der Waals surface area contributed by atoms with Crippen LogP contribution in [0.15, 0.2) is 35.7 Å². The number of nitrogens with zero attached hydrogens (tertiary/aromatic N) is 1. The maximum absolute atomic E-state index is 13.1. The topological polar surface area (TPSA) is 67.9 Å². The fourth-order valence-electron chi connectivity index (χ4n) is 3.85. The molecule has 28 heavy (non-hydrogen) atoms. The molecule has 1 aromatic carbocycles. The molecule has 1 aliphatic carbocycles. The van der Waals surface area contributed by atoms with Gasteiger partial charge in [-0.2, -0.15) is 0 Å². The van der Waals surface area contributed by atoms with E-state index >= 15 is 0 Å². The third-order valence-electron chi connectivity index (χ3n) is 5.22. The van der Waals surface area contributed by atoms with E-state index in [0.717, 1.165) is 30.6 Å². The second-order valence-corrected chi connectivity index (χ2v) is 8.07. The molecule has 2 heterocycles. The average molecular weight is 401 g/mol. The van der Waals surface area contributed by atoms with Crippen molar-refractivity contribution in [3.8, 4) is 11.5 Å². The zero-order chi connectivity index (χ0) is 19.6. The quantitative estimate of drug-likeness (QED) is 0.720. The van der Waals surface area contributed by atoms with E-state index in [1.54, 1.807) is 11.3 Å². The third kappa shape index (κ3) is 3.35. The highest BCUT2D eigenvalue weighted by Crippen LogP contribution is 2.42. The Bertz CT molecular complexity index is 864. The number of nitrogens with one attached hydrogen (secondary N) is 1. The SMILES string of the molecule is CCCOc1ccc(OCCN2C(=O)N[C@@]3(CCCc4sccc43)C2=O)cc1. The molecule has 1 spiro atoms. The predicted octanol–water partition coefficient (Wildman–Crippen LogP) is 3.70. The average Bonchev–Trinajstić information content (AvgIpc) is 3.27. The number of ether oxygens (including phenoxy) is 2. The van der Waals surface area contributed by atoms with Gasteiger partial charge in [0, 0.05) is 10.4 Å². The third-order valence-corrected chi connectivity index (χ3v) is 6.20. The van der Waals surface area contributed by atoms with Crippen LogP contribution in [0.25, 0.3) is 0 Å². The largest absolute Gasteiger partial charge is 0.494 e. The van der Waals surface area contributed by atoms with Gasteiger partial charge in [-0.3, -0.25) is 9.69 Å². The number of rotatable bonds is 7. The summed E-state index contributed by atoms with van der Waals surface area (Å²) in [6.45, 7) is 3.21. The Hall–Kier alpha value is -2.54. The lowest BCUT2D eigenvalue weighted by Gasteiger charge is -2.31. The molecular formula is C21H24N2O4S. The Kier molecular flexibility index (Phi) is 5.26. The van der Waals surface area contributed by atoms with Crippen LogP contribution < -0.4 is 14.8 Å². The molecular weight excluding hydrogens is 376 g/mol. The summed E-state index contributed by atoms with van der Waals surface area (Å²) in [6.07, 6.45) is 3.48. The van der Waals surface area contributed by atoms with Crippen LogP contribution in [0.3, 0.4) is 0 Å². The number of hydrogen-bond acceptors (Lipinski definition) is 5. The summed E-state index contributed by atoms with van der Waals surface area (Å²) in [5, 5.41) is 4.96. The van der Waals surface area contributed by atoms with Gasteiger partial charge in [0.2, 0.25) is 0 Å². The lowest BCUT2D eigenvalue weighted by atomic mass is 9.80. The molecule has 1 fully saturated rings. The lowest BCUT2D eigenvalue weighted by molar-refractivity contribution is -0.132. The Morgan fingerprint density at radius 1 is 1.11 bits per heavy atom. The molecule has 0 bridgehead atoms. The number of aryl methyl sites for hydroxylation is 1. The second kappa shape index (κ2) is 7.83. The Balaban J connectivity index is 1.37. The van der Waals surface area contributed by atoms with E-state index in [1.807, 2.05) is 35.7 Å². The van der Waals surface area contributed by atoms with Crippen molar-refractivity contribution < 1.29 is 19.1 Å². The van der Waals surface area contributed by atoms with Crippen LogP contribution in [-0.4, -0.2) is 36.6 Å². The van der Waals surface area contributed by atoms with Crippen LogP contribution in [0.5, 0.6) is 11.5 Å². The predicted molar refractivity (Wildman–Crippen MR) is 107 cm³/mol. The van der Waals surface area contributed by atoms with Gasteiger partial charge in [0.1, 0.15) is 23.6 Å². The van der Waals surface area contributed by atoms with E-state index in [2.05, 4.69) is 12.2 Å². The Morgan fingerprint density at radius 2 is 1.82 bits per heavy atom. The minimum absolute atomic E-state index is 0.163. The van der Waals surface area contributed by atoms with Crippen LogP contribution in [0.2, 0.25) is 0 Å². The molecule has 3 amide bonds. The molecule has 7 heteroatoms. The van der Waals surface area contributed by atoms with Crippen molar-refractivity contribution >= 4 is 23.3 Å². The first-order valence-corrected chi connectivity index (χ1v) is 10.6. The fourth-order valence-corrected chi connectivity index (χ4v) is 4.85. The molecule has 1 atom stereocenters. The van der Waals surface area contributed by atoms with Crippen LogP contribution in [0, 0.1) is 0 Å². The van der Waals surface area contributed by atoms with Gasteiger partial charge in [0.05, 0.1) is 13.2 Å². The van der Waals surface area contributed by atoms with Crippen molar-refractivity contribution in [2.24, 2.45) is 0 Å². The standard InChI is InChI=1S/C21H24N2O4S/c1-2-12-26-15-5-7-16(8-6-15)27-13-11-23-19(24)21(22-20(23)25)10-3-4-18-17(21)9-14-28-18/h5-9,14H,2-4,10-13H2,1H3,(H,22,25)/t21-/m1/s1. The van der Waals surface area contributed by atoms with E-state index in [0.29, 0.717) is 18.8 Å². The van der Waals surface area contributed by atoms with E-state index in [-0.39, 0.29) is 25.1 Å². The van der Waals surface area contributed by atoms with Crippen molar-refractivity contribution in [1.29, 1.82) is 0 Å². The minimum atomic E-state index is -0.886. The first-order valence-electron chi connectivity index (χ1n) is 9.70. The fraction of sp³-hybridized carbons (Fsp3) is 0.429. The Morgan fingerprint density at radius 3 is 2.54 bits per heavy atom. The molecule has 1 aromatic heterocycles. The van der Waals surface area contributed by atoms with Gasteiger partial charge in [-0.1, -0.05) is 6.92 Å². The molecule has 148 valence electrons. The van der Waals surface area contributed by atoms with Gasteiger partial charge in [-0.05, 0) is 61.4 Å². The van der Waals surface area contributed by atoms with E-state index < -0.39 is 5.54 Å². The molecule has 0 unspecified atom stereocenters. The highest BCUT2D eigenvalue weighted by Gasteiger charge is 2.54. The summed E-state index contributed by atoms with van der Waals surface area (Å²) < 4.78 is 11.3. The van der Waals surface area contributed by atoms with Crippen LogP contribution in [0.1, 0.15) is 36.6 Å². The van der Waals surface area contributed by atoms with Gasteiger partial charge in [-0.15, -0.1) is 11.3 Å². The number of amides is 3. The van der Waals surface area contributed by atoms with Crippen LogP contribution in [-0.2, 0) is 16.8 Å². The Labute approximate surface area is 168 Å². The number of fused-ring (bicyclic) bond motifs is 2. The van der Waals surface area contributed by atoms with Gasteiger partial charge >= 0.3 is 6.03 Å². The molecule has 0 saturated carbocycles. The monoisotopic (exact) mass is 400 g/mol. The number of imide groups is 1. The van der Waals surface area contributed by atoms with Crippen molar-refractivity contribution in [3.63, 3.8) is 0 Å². The summed E-state index contributed by atoms with van der Waals surface area (Å²) in [5.74, 6) is 1.32. The molecule has 6 nitrogen and oxygen atoms in total. The van der Waals surface area contributed by atoms with Crippen molar-refractivity contribution in [1.82, 2.24) is 10.2 Å². The summed E-state index contributed by atoms with van der Waals surface area (Å²) in [6, 6.07) is 9.01. The zero-order valence-corrected chi connectivity index (χ0v) is 16.7. The number of hydrogen-bond donors (Lipinski definition) is 1. The highest BCUT2D eigenvalue weighted by atomic mass is 32.1. The maximum Gasteiger partial charge on any atom is 0.325 e.